The predicted molar refractivity (Wildman–Crippen MR) is 55.1 cm³/mol. The Labute approximate surface area is 86.9 Å². The lowest BCUT2D eigenvalue weighted by atomic mass is 10.2. The molecular formula is C8H4BrClN2O. The molecule has 0 aliphatic heterocycles. The van der Waals surface area contributed by atoms with E-state index in [-0.39, 0.29) is 5.56 Å². The average Bonchev–Trinajstić information content (AvgIpc) is 2.07. The lowest BCUT2D eigenvalue weighted by molar-refractivity contribution is 1.12. The standard InChI is InChI=1S/C8H4BrClN2O/c9-8-11-6-4(7(13)12-8)2-1-3-5(6)10/h1-3H,(H,11,12,13). The third-order valence-corrected chi connectivity index (χ3v) is 2.34. The lowest BCUT2D eigenvalue weighted by Gasteiger charge is -1.98. The summed E-state index contributed by atoms with van der Waals surface area (Å²) in [5, 5.41) is 0.972. The minimum Gasteiger partial charge on any atom is -0.301 e. The molecule has 66 valence electrons. The fraction of sp³-hybridized carbons (Fsp3) is 0. The predicted octanol–water partition coefficient (Wildman–Crippen LogP) is 2.34. The summed E-state index contributed by atoms with van der Waals surface area (Å²) >= 11 is 8.96. The largest absolute Gasteiger partial charge is 0.301 e. The molecule has 3 nitrogen and oxygen atoms in total. The molecule has 0 aliphatic carbocycles. The van der Waals surface area contributed by atoms with E-state index >= 15 is 0 Å². The van der Waals surface area contributed by atoms with Crippen molar-refractivity contribution in [2.75, 3.05) is 0 Å². The summed E-state index contributed by atoms with van der Waals surface area (Å²) in [6.07, 6.45) is 0. The molecule has 2 rings (SSSR count). The number of benzene rings is 1. The summed E-state index contributed by atoms with van der Waals surface area (Å²) < 4.78 is 0.387. The highest BCUT2D eigenvalue weighted by molar-refractivity contribution is 9.10. The zero-order valence-corrected chi connectivity index (χ0v) is 8.69. The molecule has 5 heteroatoms. The van der Waals surface area contributed by atoms with Gasteiger partial charge in [-0.05, 0) is 28.1 Å². The number of aromatic nitrogens is 2. The molecule has 0 saturated heterocycles. The number of halogens is 2. The van der Waals surface area contributed by atoms with E-state index in [0.717, 1.165) is 0 Å². The maximum Gasteiger partial charge on any atom is 0.259 e. The molecule has 0 amide bonds. The highest BCUT2D eigenvalue weighted by atomic mass is 79.9. The smallest absolute Gasteiger partial charge is 0.259 e. The summed E-state index contributed by atoms with van der Waals surface area (Å²) in [4.78, 5) is 18.0. The summed E-state index contributed by atoms with van der Waals surface area (Å²) in [7, 11) is 0. The van der Waals surface area contributed by atoms with Crippen molar-refractivity contribution < 1.29 is 0 Å². The van der Waals surface area contributed by atoms with Crippen LogP contribution in [0.5, 0.6) is 0 Å². The van der Waals surface area contributed by atoms with Crippen LogP contribution in [0.1, 0.15) is 0 Å². The zero-order chi connectivity index (χ0) is 9.42. The van der Waals surface area contributed by atoms with Crippen LogP contribution in [-0.4, -0.2) is 9.97 Å². The Hall–Kier alpha value is -0.870. The van der Waals surface area contributed by atoms with Crippen molar-refractivity contribution in [1.82, 2.24) is 9.97 Å². The molecule has 0 unspecified atom stereocenters. The Balaban J connectivity index is 3.03. The van der Waals surface area contributed by atoms with Crippen LogP contribution < -0.4 is 5.56 Å². The first-order valence-corrected chi connectivity index (χ1v) is 4.69. The van der Waals surface area contributed by atoms with Crippen LogP contribution in [0.4, 0.5) is 0 Å². The van der Waals surface area contributed by atoms with Crippen LogP contribution in [0.3, 0.4) is 0 Å². The van der Waals surface area contributed by atoms with Crippen molar-refractivity contribution >= 4 is 38.4 Å². The van der Waals surface area contributed by atoms with Crippen molar-refractivity contribution in [3.8, 4) is 0 Å². The van der Waals surface area contributed by atoms with Gasteiger partial charge in [-0.2, -0.15) is 0 Å². The number of nitrogens with zero attached hydrogens (tertiary/aromatic N) is 1. The second-order valence-corrected chi connectivity index (χ2v) is 3.65. The van der Waals surface area contributed by atoms with E-state index in [1.165, 1.54) is 0 Å². The Morgan fingerprint density at radius 2 is 2.23 bits per heavy atom. The van der Waals surface area contributed by atoms with Crippen LogP contribution >= 0.6 is 27.5 Å². The van der Waals surface area contributed by atoms with Gasteiger partial charge in [0.25, 0.3) is 5.56 Å². The number of aromatic amines is 1. The molecule has 0 radical (unpaired) electrons. The van der Waals surface area contributed by atoms with Gasteiger partial charge in [0.1, 0.15) is 0 Å². The Morgan fingerprint density at radius 1 is 1.46 bits per heavy atom. The van der Waals surface area contributed by atoms with E-state index in [2.05, 4.69) is 25.9 Å². The Morgan fingerprint density at radius 3 is 3.00 bits per heavy atom. The fourth-order valence-corrected chi connectivity index (χ4v) is 1.67. The summed E-state index contributed by atoms with van der Waals surface area (Å²) in [6, 6.07) is 5.09. The minimum atomic E-state index is -0.195. The molecule has 13 heavy (non-hydrogen) atoms. The van der Waals surface area contributed by atoms with Gasteiger partial charge in [0.2, 0.25) is 0 Å². The number of H-pyrrole nitrogens is 1. The van der Waals surface area contributed by atoms with Gasteiger partial charge < -0.3 is 4.98 Å². The lowest BCUT2D eigenvalue weighted by Crippen LogP contribution is -2.07. The first kappa shape index (κ1) is 8.72. The van der Waals surface area contributed by atoms with Crippen molar-refractivity contribution in [2.45, 2.75) is 0 Å². The highest BCUT2D eigenvalue weighted by Crippen LogP contribution is 2.19. The molecular weight excluding hydrogens is 255 g/mol. The van der Waals surface area contributed by atoms with Gasteiger partial charge in [-0.1, -0.05) is 17.7 Å². The first-order valence-electron chi connectivity index (χ1n) is 3.52. The number of hydrogen-bond donors (Lipinski definition) is 1. The molecule has 0 fully saturated rings. The monoisotopic (exact) mass is 258 g/mol. The molecule has 0 saturated carbocycles. The second kappa shape index (κ2) is 3.12. The van der Waals surface area contributed by atoms with Gasteiger partial charge in [-0.15, -0.1) is 0 Å². The number of hydrogen-bond acceptors (Lipinski definition) is 2. The van der Waals surface area contributed by atoms with Gasteiger partial charge in [0, 0.05) is 0 Å². The minimum absolute atomic E-state index is 0.195. The van der Waals surface area contributed by atoms with Gasteiger partial charge in [-0.25, -0.2) is 4.98 Å². The van der Waals surface area contributed by atoms with Crippen LogP contribution in [0.15, 0.2) is 27.7 Å². The molecule has 1 N–H and O–H groups in total. The Kier molecular flexibility index (Phi) is 2.09. The third-order valence-electron chi connectivity index (χ3n) is 1.66. The molecule has 0 bridgehead atoms. The van der Waals surface area contributed by atoms with Crippen LogP contribution in [0.2, 0.25) is 5.02 Å². The number of rotatable bonds is 0. The average molecular weight is 259 g/mol. The maximum absolute atomic E-state index is 11.4. The zero-order valence-electron chi connectivity index (χ0n) is 6.34. The van der Waals surface area contributed by atoms with Crippen molar-refractivity contribution in [3.63, 3.8) is 0 Å². The second-order valence-electron chi connectivity index (χ2n) is 2.49. The van der Waals surface area contributed by atoms with E-state index in [1.807, 2.05) is 0 Å². The number of nitrogens with one attached hydrogen (secondary N) is 1. The third kappa shape index (κ3) is 1.47. The summed E-state index contributed by atoms with van der Waals surface area (Å²) in [5.74, 6) is 0. The van der Waals surface area contributed by atoms with Crippen LogP contribution in [0.25, 0.3) is 10.9 Å². The van der Waals surface area contributed by atoms with Gasteiger partial charge in [0.05, 0.1) is 15.9 Å². The Bertz CT molecular complexity index is 523. The van der Waals surface area contributed by atoms with Gasteiger partial charge in [0.15, 0.2) is 4.73 Å². The topological polar surface area (TPSA) is 45.8 Å². The van der Waals surface area contributed by atoms with Crippen molar-refractivity contribution in [2.24, 2.45) is 0 Å². The van der Waals surface area contributed by atoms with Gasteiger partial charge >= 0.3 is 0 Å². The van der Waals surface area contributed by atoms with Crippen molar-refractivity contribution in [3.05, 3.63) is 38.3 Å². The molecule has 1 heterocycles. The molecule has 0 atom stereocenters. The van der Waals surface area contributed by atoms with Crippen molar-refractivity contribution in [1.29, 1.82) is 0 Å². The summed E-state index contributed by atoms with van der Waals surface area (Å²) in [6.45, 7) is 0. The van der Waals surface area contributed by atoms with E-state index < -0.39 is 0 Å². The number of fused-ring (bicyclic) bond motifs is 1. The molecule has 1 aromatic carbocycles. The van der Waals surface area contributed by atoms with Crippen LogP contribution in [0, 0.1) is 0 Å². The summed E-state index contributed by atoms with van der Waals surface area (Å²) in [5.41, 5.74) is 0.319. The first-order chi connectivity index (χ1) is 6.18. The van der Waals surface area contributed by atoms with E-state index in [0.29, 0.717) is 20.7 Å². The highest BCUT2D eigenvalue weighted by Gasteiger charge is 2.04. The molecule has 1 aromatic heterocycles. The molecule has 0 aliphatic rings. The fourth-order valence-electron chi connectivity index (χ4n) is 1.10. The SMILES string of the molecule is O=c1[nH]c(Br)nc2c(Cl)cccc12. The maximum atomic E-state index is 11.4. The normalized spacial score (nSPS) is 10.6. The van der Waals surface area contributed by atoms with E-state index in [4.69, 9.17) is 11.6 Å². The van der Waals surface area contributed by atoms with E-state index in [9.17, 15) is 4.79 Å². The quantitative estimate of drug-likeness (QED) is 0.738. The van der Waals surface area contributed by atoms with Gasteiger partial charge in [-0.3, -0.25) is 4.79 Å². The van der Waals surface area contributed by atoms with Crippen LogP contribution in [-0.2, 0) is 0 Å². The van der Waals surface area contributed by atoms with E-state index in [1.54, 1.807) is 18.2 Å². The molecule has 2 aromatic rings. The number of para-hydroxylation sites is 1. The molecule has 0 spiro atoms.